The molecule has 1 unspecified atom stereocenters. The molecule has 2 N–H and O–H groups in total. The summed E-state index contributed by atoms with van der Waals surface area (Å²) < 4.78 is 38.3. The smallest absolute Gasteiger partial charge is 0.338 e. The number of rotatable bonds is 9. The number of nitrogens with one attached hydrogen (secondary N) is 2. The molecule has 9 heteroatoms. The van der Waals surface area contributed by atoms with E-state index in [0.29, 0.717) is 11.4 Å². The lowest BCUT2D eigenvalue weighted by molar-refractivity contribution is -0.124. The summed E-state index contributed by atoms with van der Waals surface area (Å²) in [6, 6.07) is 19.2. The van der Waals surface area contributed by atoms with Gasteiger partial charge in [-0.15, -0.1) is 0 Å². The van der Waals surface area contributed by atoms with Crippen molar-refractivity contribution < 1.29 is 27.5 Å². The van der Waals surface area contributed by atoms with Crippen LogP contribution in [0, 0.1) is 6.92 Å². The van der Waals surface area contributed by atoms with E-state index in [1.807, 2.05) is 31.2 Å². The first-order valence-corrected chi connectivity index (χ1v) is 12.0. The molecular weight excluding hydrogens is 456 g/mol. The Kier molecular flexibility index (Phi) is 7.91. The molecule has 0 aliphatic heterocycles. The third kappa shape index (κ3) is 6.35. The summed E-state index contributed by atoms with van der Waals surface area (Å²) in [7, 11) is -2.38. The largest absolute Gasteiger partial charge is 0.496 e. The molecule has 1 amide bonds. The minimum Gasteiger partial charge on any atom is -0.496 e. The second-order valence-electron chi connectivity index (χ2n) is 7.61. The van der Waals surface area contributed by atoms with E-state index in [9.17, 15) is 18.0 Å². The van der Waals surface area contributed by atoms with Gasteiger partial charge in [0.05, 0.1) is 23.6 Å². The average molecular weight is 483 g/mol. The first kappa shape index (κ1) is 24.8. The fourth-order valence-electron chi connectivity index (χ4n) is 3.31. The zero-order chi connectivity index (χ0) is 24.7. The molecule has 8 nitrogen and oxygen atoms in total. The van der Waals surface area contributed by atoms with Crippen LogP contribution < -0.4 is 14.8 Å². The molecule has 0 aliphatic carbocycles. The summed E-state index contributed by atoms with van der Waals surface area (Å²) in [6.45, 7) is 3.12. The molecule has 0 saturated heterocycles. The second kappa shape index (κ2) is 10.8. The molecule has 0 bridgehead atoms. The van der Waals surface area contributed by atoms with Gasteiger partial charge in [-0.05, 0) is 55.8 Å². The summed E-state index contributed by atoms with van der Waals surface area (Å²) in [5, 5.41) is 2.74. The van der Waals surface area contributed by atoms with Gasteiger partial charge in [0.25, 0.3) is 15.9 Å². The third-order valence-electron chi connectivity index (χ3n) is 4.97. The van der Waals surface area contributed by atoms with E-state index in [0.717, 1.165) is 11.1 Å². The number of hydrogen-bond acceptors (Lipinski definition) is 6. The second-order valence-corrected chi connectivity index (χ2v) is 9.29. The lowest BCUT2D eigenvalue weighted by Gasteiger charge is -2.17. The lowest BCUT2D eigenvalue weighted by atomic mass is 10.1. The molecule has 3 aromatic carbocycles. The zero-order valence-corrected chi connectivity index (χ0v) is 19.9. The molecular formula is C25H26N2O6S. The number of amides is 1. The molecule has 34 heavy (non-hydrogen) atoms. The standard InChI is InChI=1S/C25H26N2O6S/c1-17-8-6-10-20(14-17)27-34(30,31)21-11-7-9-19(15-21)25(29)33-16-24(28)26-18(2)22-12-4-5-13-23(22)32-3/h4-15,18,27H,16H2,1-3H3,(H,26,28). The first-order valence-electron chi connectivity index (χ1n) is 10.5. The lowest BCUT2D eigenvalue weighted by Crippen LogP contribution is -2.31. The maximum absolute atomic E-state index is 12.7. The van der Waals surface area contributed by atoms with Crippen molar-refractivity contribution in [3.63, 3.8) is 0 Å². The molecule has 0 fully saturated rings. The van der Waals surface area contributed by atoms with E-state index >= 15 is 0 Å². The molecule has 0 spiro atoms. The summed E-state index contributed by atoms with van der Waals surface area (Å²) in [4.78, 5) is 24.6. The Morgan fingerprint density at radius 1 is 0.971 bits per heavy atom. The van der Waals surface area contributed by atoms with Gasteiger partial charge in [0, 0.05) is 11.3 Å². The minimum absolute atomic E-state index is 0.0118. The van der Waals surface area contributed by atoms with E-state index in [1.165, 1.54) is 24.3 Å². The number of ether oxygens (including phenoxy) is 2. The number of sulfonamides is 1. The van der Waals surface area contributed by atoms with Crippen molar-refractivity contribution in [2.24, 2.45) is 0 Å². The van der Waals surface area contributed by atoms with E-state index < -0.39 is 28.5 Å². The number of benzene rings is 3. The van der Waals surface area contributed by atoms with Gasteiger partial charge in [0.2, 0.25) is 0 Å². The van der Waals surface area contributed by atoms with Gasteiger partial charge in [0.1, 0.15) is 5.75 Å². The number of esters is 1. The molecule has 0 heterocycles. The van der Waals surface area contributed by atoms with Crippen LogP contribution in [0.5, 0.6) is 5.75 Å². The van der Waals surface area contributed by atoms with E-state index in [-0.39, 0.29) is 16.5 Å². The SMILES string of the molecule is COc1ccccc1C(C)NC(=O)COC(=O)c1cccc(S(=O)(=O)Nc2cccc(C)c2)c1. The highest BCUT2D eigenvalue weighted by molar-refractivity contribution is 7.92. The number of methoxy groups -OCH3 is 1. The van der Waals surface area contributed by atoms with Crippen molar-refractivity contribution in [1.82, 2.24) is 5.32 Å². The summed E-state index contributed by atoms with van der Waals surface area (Å²) >= 11 is 0. The Labute approximate surface area is 199 Å². The molecule has 178 valence electrons. The van der Waals surface area contributed by atoms with Crippen LogP contribution in [0.2, 0.25) is 0 Å². The van der Waals surface area contributed by atoms with Crippen molar-refractivity contribution in [2.75, 3.05) is 18.4 Å². The number of para-hydroxylation sites is 1. The van der Waals surface area contributed by atoms with Crippen molar-refractivity contribution >= 4 is 27.6 Å². The Morgan fingerprint density at radius 3 is 2.44 bits per heavy atom. The average Bonchev–Trinajstić information content (AvgIpc) is 2.82. The fourth-order valence-corrected chi connectivity index (χ4v) is 4.41. The van der Waals surface area contributed by atoms with Gasteiger partial charge < -0.3 is 14.8 Å². The number of carbonyl (C=O) groups is 2. The fraction of sp³-hybridized carbons (Fsp3) is 0.200. The van der Waals surface area contributed by atoms with Crippen LogP contribution in [0.15, 0.2) is 77.7 Å². The van der Waals surface area contributed by atoms with Gasteiger partial charge >= 0.3 is 5.97 Å². The molecule has 0 saturated carbocycles. The van der Waals surface area contributed by atoms with Gasteiger partial charge in [-0.1, -0.05) is 36.4 Å². The molecule has 1 atom stereocenters. The zero-order valence-electron chi connectivity index (χ0n) is 19.1. The molecule has 0 aliphatic rings. The van der Waals surface area contributed by atoms with E-state index in [1.54, 1.807) is 38.3 Å². The summed E-state index contributed by atoms with van der Waals surface area (Å²) in [6.07, 6.45) is 0. The predicted octanol–water partition coefficient (Wildman–Crippen LogP) is 3.84. The van der Waals surface area contributed by atoms with Crippen molar-refractivity contribution in [3.8, 4) is 5.75 Å². The van der Waals surface area contributed by atoms with E-state index in [4.69, 9.17) is 9.47 Å². The van der Waals surface area contributed by atoms with E-state index in [2.05, 4.69) is 10.0 Å². The number of anilines is 1. The number of aryl methyl sites for hydroxylation is 1. The van der Waals surface area contributed by atoms with Gasteiger partial charge in [-0.2, -0.15) is 0 Å². The van der Waals surface area contributed by atoms with Crippen LogP contribution >= 0.6 is 0 Å². The highest BCUT2D eigenvalue weighted by Gasteiger charge is 2.19. The Balaban J connectivity index is 1.62. The quantitative estimate of drug-likeness (QED) is 0.449. The first-order chi connectivity index (χ1) is 16.2. The Morgan fingerprint density at radius 2 is 1.71 bits per heavy atom. The molecule has 0 radical (unpaired) electrons. The molecule has 3 aromatic rings. The maximum Gasteiger partial charge on any atom is 0.338 e. The Bertz CT molecular complexity index is 1290. The molecule has 0 aromatic heterocycles. The van der Waals surface area contributed by atoms with Crippen LogP contribution in [0.25, 0.3) is 0 Å². The predicted molar refractivity (Wildman–Crippen MR) is 128 cm³/mol. The van der Waals surface area contributed by atoms with Crippen molar-refractivity contribution in [2.45, 2.75) is 24.8 Å². The minimum atomic E-state index is -3.92. The number of carbonyl (C=O) groups excluding carboxylic acids is 2. The number of hydrogen-bond donors (Lipinski definition) is 2. The highest BCUT2D eigenvalue weighted by Crippen LogP contribution is 2.24. The van der Waals surface area contributed by atoms with Crippen LogP contribution in [0.4, 0.5) is 5.69 Å². The van der Waals surface area contributed by atoms with Gasteiger partial charge in [-0.25, -0.2) is 13.2 Å². The van der Waals surface area contributed by atoms with Gasteiger partial charge in [-0.3, -0.25) is 9.52 Å². The van der Waals surface area contributed by atoms with Gasteiger partial charge in [0.15, 0.2) is 6.61 Å². The normalized spacial score (nSPS) is 11.9. The topological polar surface area (TPSA) is 111 Å². The van der Waals surface area contributed by atoms with Crippen LogP contribution in [-0.2, 0) is 19.6 Å². The highest BCUT2D eigenvalue weighted by atomic mass is 32.2. The van der Waals surface area contributed by atoms with Crippen LogP contribution in [-0.4, -0.2) is 34.0 Å². The maximum atomic E-state index is 12.7. The summed E-state index contributed by atoms with van der Waals surface area (Å²) in [5.41, 5.74) is 2.10. The Hall–Kier alpha value is -3.85. The monoisotopic (exact) mass is 482 g/mol. The summed E-state index contributed by atoms with van der Waals surface area (Å²) in [5.74, 6) is -0.686. The van der Waals surface area contributed by atoms with Crippen LogP contribution in [0.3, 0.4) is 0 Å². The molecule has 3 rings (SSSR count). The van der Waals surface area contributed by atoms with Crippen molar-refractivity contribution in [1.29, 1.82) is 0 Å². The third-order valence-corrected chi connectivity index (χ3v) is 6.35. The van der Waals surface area contributed by atoms with Crippen molar-refractivity contribution in [3.05, 3.63) is 89.5 Å². The van der Waals surface area contributed by atoms with Crippen LogP contribution in [0.1, 0.15) is 34.5 Å².